The Morgan fingerprint density at radius 3 is 1.94 bits per heavy atom. The monoisotopic (exact) mass is 270 g/mol. The highest BCUT2D eigenvalue weighted by Crippen LogP contribution is 2.18. The summed E-state index contributed by atoms with van der Waals surface area (Å²) in [5, 5.41) is 60.6. The first kappa shape index (κ1) is 17.4. The Morgan fingerprint density at radius 1 is 1.06 bits per heavy atom. The lowest BCUT2D eigenvalue weighted by Crippen LogP contribution is -2.58. The number of rotatable bonds is 3. The number of hydrogen-bond acceptors (Lipinski definition) is 9. The highest BCUT2D eigenvalue weighted by molar-refractivity contribution is 5.55. The number of aliphatic hydroxyl groups excluding tert-OH is 7. The molecule has 1 fully saturated rings. The molecule has 18 heavy (non-hydrogen) atoms. The van der Waals surface area contributed by atoms with E-state index in [0.29, 0.717) is 0 Å². The second-order valence-electron chi connectivity index (χ2n) is 3.61. The molecule has 1 aliphatic rings. The first-order chi connectivity index (χ1) is 8.38. The molecule has 9 heteroatoms. The maximum atomic E-state index is 9.33. The highest BCUT2D eigenvalue weighted by Gasteiger charge is 2.42. The van der Waals surface area contributed by atoms with E-state index in [1.165, 1.54) is 0 Å². The minimum absolute atomic E-state index is 0.278. The summed E-state index contributed by atoms with van der Waals surface area (Å²) in [6, 6.07) is 0. The van der Waals surface area contributed by atoms with Gasteiger partial charge in [-0.05, 0) is 0 Å². The van der Waals surface area contributed by atoms with Crippen LogP contribution in [0, 0.1) is 0 Å². The third-order valence-corrected chi connectivity index (χ3v) is 2.21. The molecule has 1 aliphatic heterocycles. The van der Waals surface area contributed by atoms with Crippen LogP contribution in [0.1, 0.15) is 0 Å². The van der Waals surface area contributed by atoms with Gasteiger partial charge in [0.2, 0.25) is 0 Å². The van der Waals surface area contributed by atoms with Gasteiger partial charge >= 0.3 is 0 Å². The van der Waals surface area contributed by atoms with Crippen molar-refractivity contribution in [1.82, 2.24) is 0 Å². The van der Waals surface area contributed by atoms with Crippen molar-refractivity contribution in [3.8, 4) is 0 Å². The van der Waals surface area contributed by atoms with Gasteiger partial charge in [-0.1, -0.05) is 0 Å². The van der Waals surface area contributed by atoms with Crippen molar-refractivity contribution in [3.05, 3.63) is 0 Å². The lowest BCUT2D eigenvalue weighted by molar-refractivity contribution is -0.286. The molecule has 9 nitrogen and oxygen atoms in total. The Morgan fingerprint density at radius 2 is 1.61 bits per heavy atom. The van der Waals surface area contributed by atoms with Gasteiger partial charge in [-0.3, -0.25) is 0 Å². The van der Waals surface area contributed by atoms with Crippen LogP contribution in [0.4, 0.5) is 0 Å². The van der Waals surface area contributed by atoms with Crippen LogP contribution >= 0.6 is 0 Å². The summed E-state index contributed by atoms with van der Waals surface area (Å²) in [6.45, 7) is -1.01. The Balaban J connectivity index is 0.000000411. The number of hydrogen-bond donors (Lipinski definition) is 7. The fourth-order valence-corrected chi connectivity index (χ4v) is 1.12. The van der Waals surface area contributed by atoms with Crippen molar-refractivity contribution in [3.63, 3.8) is 0 Å². The summed E-state index contributed by atoms with van der Waals surface area (Å²) in [6.07, 6.45) is -7.95. The van der Waals surface area contributed by atoms with E-state index < -0.39 is 50.0 Å². The summed E-state index contributed by atoms with van der Waals surface area (Å²) in [7, 11) is 0. The van der Waals surface area contributed by atoms with Gasteiger partial charge in [0.15, 0.2) is 12.6 Å². The van der Waals surface area contributed by atoms with E-state index in [4.69, 9.17) is 35.7 Å². The molecule has 7 N–H and O–H groups in total. The molecular formula is C9H18O9. The fourth-order valence-electron chi connectivity index (χ4n) is 1.12. The molecule has 0 amide bonds. The zero-order valence-corrected chi connectivity index (χ0v) is 9.40. The van der Waals surface area contributed by atoms with Crippen LogP contribution in [0.3, 0.4) is 0 Å². The molecule has 0 aromatic rings. The standard InChI is InChI=1S/C6H12O6.C3H6O3/c7-1-2-3(8)4(9)5(10)6(11)12-2;4-1-3(6)2-5/h2-11H,1H2;1,3,5-6H,2H2/t2-,3+,4+,5-,6-;3-/m10/s1. The summed E-state index contributed by atoms with van der Waals surface area (Å²) in [5.41, 5.74) is 0. The Kier molecular flexibility index (Phi) is 8.15. The zero-order valence-electron chi connectivity index (χ0n) is 9.40. The lowest BCUT2D eigenvalue weighted by Gasteiger charge is -2.37. The van der Waals surface area contributed by atoms with Crippen molar-refractivity contribution in [2.24, 2.45) is 0 Å². The third-order valence-electron chi connectivity index (χ3n) is 2.21. The van der Waals surface area contributed by atoms with E-state index in [9.17, 15) is 4.79 Å². The van der Waals surface area contributed by atoms with Gasteiger partial charge in [0, 0.05) is 0 Å². The summed E-state index contributed by atoms with van der Waals surface area (Å²) >= 11 is 0. The largest absolute Gasteiger partial charge is 0.394 e. The van der Waals surface area contributed by atoms with Crippen molar-refractivity contribution in [2.45, 2.75) is 36.8 Å². The number of carbonyl (C=O) groups is 1. The molecule has 0 saturated carbocycles. The number of aldehydes is 1. The lowest BCUT2D eigenvalue weighted by atomic mass is 10.00. The second-order valence-corrected chi connectivity index (χ2v) is 3.61. The van der Waals surface area contributed by atoms with Crippen molar-refractivity contribution in [2.75, 3.05) is 13.2 Å². The van der Waals surface area contributed by atoms with Crippen LogP contribution < -0.4 is 0 Å². The molecule has 0 bridgehead atoms. The quantitative estimate of drug-likeness (QED) is 0.249. The third kappa shape index (κ3) is 4.92. The normalized spacial score (nSPS) is 37.4. The van der Waals surface area contributed by atoms with Crippen LogP contribution in [0.15, 0.2) is 0 Å². The number of carbonyl (C=O) groups excluding carboxylic acids is 1. The SMILES string of the molecule is O=C[C@H](O)CO.OC[C@H]1O[C@@H](O)[C@H](O)[C@@H](O)[C@H]1O. The van der Waals surface area contributed by atoms with Gasteiger partial charge in [-0.2, -0.15) is 0 Å². The van der Waals surface area contributed by atoms with Crippen LogP contribution in [0.5, 0.6) is 0 Å². The molecule has 0 spiro atoms. The van der Waals surface area contributed by atoms with Gasteiger partial charge < -0.3 is 45.3 Å². The summed E-state index contributed by atoms with van der Waals surface area (Å²) in [4.78, 5) is 9.33. The van der Waals surface area contributed by atoms with Gasteiger partial charge in [0.1, 0.15) is 30.5 Å². The summed E-state index contributed by atoms with van der Waals surface area (Å²) in [5.74, 6) is 0. The molecule has 1 saturated heterocycles. The maximum Gasteiger partial charge on any atom is 0.184 e. The van der Waals surface area contributed by atoms with E-state index in [0.717, 1.165) is 0 Å². The van der Waals surface area contributed by atoms with E-state index in [-0.39, 0.29) is 6.29 Å². The smallest absolute Gasteiger partial charge is 0.184 e. The molecule has 108 valence electrons. The van der Waals surface area contributed by atoms with Crippen LogP contribution in [0.2, 0.25) is 0 Å². The molecule has 0 aromatic carbocycles. The Hall–Kier alpha value is -0.650. The first-order valence-corrected chi connectivity index (χ1v) is 5.11. The average Bonchev–Trinajstić information content (AvgIpc) is 2.40. The average molecular weight is 270 g/mol. The van der Waals surface area contributed by atoms with Crippen LogP contribution in [-0.4, -0.2) is 92.1 Å². The first-order valence-electron chi connectivity index (χ1n) is 5.11. The van der Waals surface area contributed by atoms with Gasteiger partial charge in [0.05, 0.1) is 13.2 Å². The minimum Gasteiger partial charge on any atom is -0.394 e. The second kappa shape index (κ2) is 8.45. The molecule has 0 aliphatic carbocycles. The molecule has 0 unspecified atom stereocenters. The molecule has 1 heterocycles. The van der Waals surface area contributed by atoms with E-state index in [1.807, 2.05) is 0 Å². The molecule has 1 rings (SSSR count). The van der Waals surface area contributed by atoms with Crippen LogP contribution in [0.25, 0.3) is 0 Å². The van der Waals surface area contributed by atoms with Gasteiger partial charge in [0.25, 0.3) is 0 Å². The number of aliphatic hydroxyl groups is 7. The summed E-state index contributed by atoms with van der Waals surface area (Å²) < 4.78 is 4.58. The van der Waals surface area contributed by atoms with E-state index in [1.54, 1.807) is 0 Å². The van der Waals surface area contributed by atoms with Gasteiger partial charge in [-0.25, -0.2) is 0 Å². The predicted octanol–water partition coefficient (Wildman–Crippen LogP) is -4.68. The van der Waals surface area contributed by atoms with Crippen molar-refractivity contribution < 1.29 is 45.3 Å². The highest BCUT2D eigenvalue weighted by atomic mass is 16.6. The maximum absolute atomic E-state index is 9.33. The van der Waals surface area contributed by atoms with Crippen molar-refractivity contribution in [1.29, 1.82) is 0 Å². The molecule has 6 atom stereocenters. The Bertz CT molecular complexity index is 231. The molecular weight excluding hydrogens is 252 g/mol. The fraction of sp³-hybridized carbons (Fsp3) is 0.889. The Labute approximate surface area is 102 Å². The van der Waals surface area contributed by atoms with Crippen LogP contribution in [-0.2, 0) is 9.53 Å². The number of ether oxygens (including phenoxy) is 1. The van der Waals surface area contributed by atoms with Gasteiger partial charge in [-0.15, -0.1) is 0 Å². The zero-order chi connectivity index (χ0) is 14.3. The molecule has 0 aromatic heterocycles. The van der Waals surface area contributed by atoms with E-state index in [2.05, 4.69) is 4.74 Å². The topological polar surface area (TPSA) is 168 Å². The van der Waals surface area contributed by atoms with E-state index >= 15 is 0 Å². The predicted molar refractivity (Wildman–Crippen MR) is 55.1 cm³/mol. The van der Waals surface area contributed by atoms with Crippen molar-refractivity contribution >= 4 is 6.29 Å². The molecule has 0 radical (unpaired) electrons. The minimum atomic E-state index is -1.57.